The van der Waals surface area contributed by atoms with E-state index >= 15 is 0 Å². The van der Waals surface area contributed by atoms with Gasteiger partial charge in [-0.1, -0.05) is 12.8 Å². The van der Waals surface area contributed by atoms with Crippen molar-refractivity contribution in [1.82, 2.24) is 9.80 Å². The van der Waals surface area contributed by atoms with E-state index in [0.29, 0.717) is 18.4 Å². The largest absolute Gasteiger partial charge is 0.341 e. The van der Waals surface area contributed by atoms with Crippen molar-refractivity contribution in [2.24, 2.45) is 29.4 Å². The van der Waals surface area contributed by atoms with Gasteiger partial charge in [-0.05, 0) is 37.5 Å². The van der Waals surface area contributed by atoms with Crippen LogP contribution in [-0.2, 0) is 14.4 Å². The summed E-state index contributed by atoms with van der Waals surface area (Å²) in [6, 6.07) is 0.190. The Kier molecular flexibility index (Phi) is 4.89. The van der Waals surface area contributed by atoms with Gasteiger partial charge in [-0.25, -0.2) is 0 Å². The van der Waals surface area contributed by atoms with Crippen LogP contribution in [0.2, 0.25) is 0 Å². The van der Waals surface area contributed by atoms with Gasteiger partial charge in [0.15, 0.2) is 0 Å². The van der Waals surface area contributed by atoms with Crippen molar-refractivity contribution in [3.8, 4) is 0 Å². The fraction of sp³-hybridized carbons (Fsp3) is 0.824. The summed E-state index contributed by atoms with van der Waals surface area (Å²) >= 11 is 0. The van der Waals surface area contributed by atoms with E-state index in [-0.39, 0.29) is 54.6 Å². The Balaban J connectivity index is 0.00000169. The van der Waals surface area contributed by atoms with Crippen LogP contribution in [0.5, 0.6) is 0 Å². The Labute approximate surface area is 148 Å². The normalized spacial score (nSPS) is 38.1. The minimum atomic E-state index is -0.171. The lowest BCUT2D eigenvalue weighted by Gasteiger charge is -2.22. The van der Waals surface area contributed by atoms with Crippen molar-refractivity contribution in [2.45, 2.75) is 44.6 Å². The topological polar surface area (TPSA) is 83.7 Å². The van der Waals surface area contributed by atoms with Gasteiger partial charge in [-0.15, -0.1) is 12.4 Å². The molecule has 0 aromatic heterocycles. The molecular weight excluding hydrogens is 330 g/mol. The molecule has 0 spiro atoms. The summed E-state index contributed by atoms with van der Waals surface area (Å²) in [7, 11) is 0. The first-order valence-corrected chi connectivity index (χ1v) is 8.95. The molecule has 0 aromatic carbocycles. The highest BCUT2D eigenvalue weighted by Crippen LogP contribution is 2.39. The van der Waals surface area contributed by atoms with Crippen molar-refractivity contribution < 1.29 is 14.4 Å². The molecule has 2 N–H and O–H groups in total. The highest BCUT2D eigenvalue weighted by Gasteiger charge is 2.49. The molecule has 4 rings (SSSR count). The summed E-state index contributed by atoms with van der Waals surface area (Å²) < 4.78 is 0. The number of likely N-dealkylation sites (tertiary alicyclic amines) is 2. The van der Waals surface area contributed by atoms with E-state index in [4.69, 9.17) is 5.73 Å². The van der Waals surface area contributed by atoms with Crippen molar-refractivity contribution in [3.05, 3.63) is 0 Å². The van der Waals surface area contributed by atoms with E-state index in [1.807, 2.05) is 4.90 Å². The Hall–Kier alpha value is -1.14. The van der Waals surface area contributed by atoms with Crippen molar-refractivity contribution in [1.29, 1.82) is 0 Å². The van der Waals surface area contributed by atoms with Crippen LogP contribution in [0.25, 0.3) is 0 Å². The minimum absolute atomic E-state index is 0. The number of halogens is 1. The molecule has 4 aliphatic rings. The molecule has 2 aliphatic carbocycles. The van der Waals surface area contributed by atoms with E-state index in [9.17, 15) is 14.4 Å². The molecule has 134 valence electrons. The summed E-state index contributed by atoms with van der Waals surface area (Å²) in [5, 5.41) is 0. The maximum absolute atomic E-state index is 12.6. The Morgan fingerprint density at radius 3 is 2.21 bits per heavy atom. The first-order chi connectivity index (χ1) is 11.1. The van der Waals surface area contributed by atoms with Crippen LogP contribution in [0.3, 0.4) is 0 Å². The van der Waals surface area contributed by atoms with E-state index < -0.39 is 0 Å². The van der Waals surface area contributed by atoms with Crippen molar-refractivity contribution >= 4 is 30.1 Å². The molecule has 0 aromatic rings. The fourth-order valence-electron chi connectivity index (χ4n) is 5.13. The van der Waals surface area contributed by atoms with Gasteiger partial charge in [0.05, 0.1) is 11.8 Å². The number of rotatable bonds is 2. The van der Waals surface area contributed by atoms with E-state index in [0.717, 1.165) is 45.1 Å². The Morgan fingerprint density at radius 1 is 1.00 bits per heavy atom. The molecule has 0 radical (unpaired) electrons. The molecule has 7 heteroatoms. The number of imide groups is 1. The highest BCUT2D eigenvalue weighted by molar-refractivity contribution is 6.07. The van der Waals surface area contributed by atoms with Crippen LogP contribution in [0, 0.1) is 23.7 Å². The van der Waals surface area contributed by atoms with E-state index in [1.165, 1.54) is 4.90 Å². The number of carbonyl (C=O) groups is 3. The maximum atomic E-state index is 12.6. The van der Waals surface area contributed by atoms with Crippen LogP contribution >= 0.6 is 12.4 Å². The van der Waals surface area contributed by atoms with Crippen LogP contribution in [-0.4, -0.2) is 53.2 Å². The molecule has 5 unspecified atom stereocenters. The molecule has 2 aliphatic heterocycles. The second-order valence-electron chi connectivity index (χ2n) is 7.72. The molecule has 4 fully saturated rings. The van der Waals surface area contributed by atoms with E-state index in [2.05, 4.69) is 0 Å². The number of amides is 3. The molecule has 24 heavy (non-hydrogen) atoms. The van der Waals surface area contributed by atoms with Gasteiger partial charge in [0.25, 0.3) is 0 Å². The van der Waals surface area contributed by atoms with E-state index in [1.54, 1.807) is 0 Å². The molecule has 6 nitrogen and oxygen atoms in total. The third-order valence-corrected chi connectivity index (χ3v) is 6.49. The smallest absolute Gasteiger partial charge is 0.242 e. The Bertz CT molecular complexity index is 531. The number of nitrogens with zero attached hydrogens (tertiary/aromatic N) is 2. The van der Waals surface area contributed by atoms with Gasteiger partial charge in [-0.3, -0.25) is 19.3 Å². The van der Waals surface area contributed by atoms with Gasteiger partial charge in [0.1, 0.15) is 6.54 Å². The SMILES string of the molecule is Cl.NC1CCC2CN(C(=O)CN3C(=O)C4CCCCC4C3=O)CC12. The van der Waals surface area contributed by atoms with Crippen molar-refractivity contribution in [3.63, 3.8) is 0 Å². The lowest BCUT2D eigenvalue weighted by Crippen LogP contribution is -2.43. The first-order valence-electron chi connectivity index (χ1n) is 8.95. The third kappa shape index (κ3) is 2.73. The second kappa shape index (κ2) is 6.64. The first kappa shape index (κ1) is 17.7. The quantitative estimate of drug-likeness (QED) is 0.742. The molecule has 0 bridgehead atoms. The zero-order chi connectivity index (χ0) is 16.1. The standard InChI is InChI=1S/C17H25N3O3.ClH/c18-14-6-5-10-7-19(8-13(10)14)15(21)9-20-16(22)11-3-1-2-4-12(11)17(20)23;/h10-14H,1-9,18H2;1H. The molecule has 2 saturated carbocycles. The van der Waals surface area contributed by atoms with Crippen molar-refractivity contribution in [2.75, 3.05) is 19.6 Å². The monoisotopic (exact) mass is 355 g/mol. The average molecular weight is 356 g/mol. The number of hydrogen-bond acceptors (Lipinski definition) is 4. The van der Waals surface area contributed by atoms with Gasteiger partial charge < -0.3 is 10.6 Å². The maximum Gasteiger partial charge on any atom is 0.242 e. The third-order valence-electron chi connectivity index (χ3n) is 6.49. The van der Waals surface area contributed by atoms with Gasteiger partial charge in [0, 0.05) is 19.1 Å². The lowest BCUT2D eigenvalue weighted by atomic mass is 9.81. The number of fused-ring (bicyclic) bond motifs is 2. The summed E-state index contributed by atoms with van der Waals surface area (Å²) in [5.74, 6) is 0.221. The summed E-state index contributed by atoms with van der Waals surface area (Å²) in [4.78, 5) is 40.6. The predicted molar refractivity (Wildman–Crippen MR) is 90.2 cm³/mol. The van der Waals surface area contributed by atoms with Gasteiger partial charge in [0.2, 0.25) is 17.7 Å². The Morgan fingerprint density at radius 2 is 1.62 bits per heavy atom. The molecular formula is C17H26ClN3O3. The summed E-state index contributed by atoms with van der Waals surface area (Å²) in [5.41, 5.74) is 6.11. The van der Waals surface area contributed by atoms with Crippen LogP contribution in [0.1, 0.15) is 38.5 Å². The lowest BCUT2D eigenvalue weighted by molar-refractivity contribution is -0.146. The molecule has 2 saturated heterocycles. The summed E-state index contributed by atoms with van der Waals surface area (Å²) in [6.45, 7) is 1.35. The highest BCUT2D eigenvalue weighted by atomic mass is 35.5. The summed E-state index contributed by atoms with van der Waals surface area (Å²) in [6.07, 6.45) is 5.74. The minimum Gasteiger partial charge on any atom is -0.341 e. The number of hydrogen-bond donors (Lipinski definition) is 1. The zero-order valence-corrected chi connectivity index (χ0v) is 14.7. The number of carbonyl (C=O) groups excluding carboxylic acids is 3. The molecule has 2 heterocycles. The van der Waals surface area contributed by atoms with Gasteiger partial charge >= 0.3 is 0 Å². The second-order valence-corrected chi connectivity index (χ2v) is 7.72. The van der Waals surface area contributed by atoms with Crippen LogP contribution < -0.4 is 5.73 Å². The molecule has 3 amide bonds. The van der Waals surface area contributed by atoms with Gasteiger partial charge in [-0.2, -0.15) is 0 Å². The zero-order valence-electron chi connectivity index (χ0n) is 13.9. The average Bonchev–Trinajstić information content (AvgIpc) is 3.19. The van der Waals surface area contributed by atoms with Crippen LogP contribution in [0.15, 0.2) is 0 Å². The number of nitrogens with two attached hydrogens (primary N) is 1. The van der Waals surface area contributed by atoms with Crippen LogP contribution in [0.4, 0.5) is 0 Å². The fourth-order valence-corrected chi connectivity index (χ4v) is 5.13. The molecule has 5 atom stereocenters. The predicted octanol–water partition coefficient (Wildman–Crippen LogP) is 0.779.